The molecular formula is C21H24N6O6. The van der Waals surface area contributed by atoms with Gasteiger partial charge in [0.1, 0.15) is 17.6 Å². The molecule has 12 nitrogen and oxygen atoms in total. The van der Waals surface area contributed by atoms with Crippen molar-refractivity contribution >= 4 is 28.9 Å². The van der Waals surface area contributed by atoms with Crippen molar-refractivity contribution in [1.29, 1.82) is 0 Å². The molecule has 3 atom stereocenters. The highest BCUT2D eigenvalue weighted by atomic mass is 16.5. The number of nitrogens with zero attached hydrogens (tertiary/aromatic N) is 5. The Morgan fingerprint density at radius 1 is 1.21 bits per heavy atom. The number of aliphatic carboxylic acids is 1. The third kappa shape index (κ3) is 4.56. The Morgan fingerprint density at radius 3 is 2.64 bits per heavy atom. The van der Waals surface area contributed by atoms with E-state index in [0.29, 0.717) is 22.5 Å². The molecule has 2 aromatic heterocycles. The number of carboxylic acid groups (broad SMARTS) is 1. The van der Waals surface area contributed by atoms with Crippen LogP contribution in [0.1, 0.15) is 29.7 Å². The number of rotatable bonds is 5. The average molecular weight is 456 g/mol. The van der Waals surface area contributed by atoms with Crippen molar-refractivity contribution in [2.24, 2.45) is 0 Å². The van der Waals surface area contributed by atoms with Gasteiger partial charge in [0.25, 0.3) is 5.91 Å². The van der Waals surface area contributed by atoms with E-state index in [1.807, 2.05) is 0 Å². The van der Waals surface area contributed by atoms with E-state index in [1.165, 1.54) is 41.8 Å². The summed E-state index contributed by atoms with van der Waals surface area (Å²) < 4.78 is 6.75. The summed E-state index contributed by atoms with van der Waals surface area (Å²) in [4.78, 5) is 37.8. The quantitative estimate of drug-likeness (QED) is 0.411. The smallest absolute Gasteiger partial charge is 0.341 e. The van der Waals surface area contributed by atoms with E-state index in [2.05, 4.69) is 15.0 Å². The largest absolute Gasteiger partial charge is 0.482 e. The number of aromatic nitrogens is 4. The topological polar surface area (TPSA) is 177 Å². The molecule has 0 aliphatic carbocycles. The Kier molecular flexibility index (Phi) is 5.87. The van der Waals surface area contributed by atoms with E-state index < -0.39 is 30.3 Å². The number of benzene rings is 1. The van der Waals surface area contributed by atoms with Crippen molar-refractivity contribution in [3.05, 3.63) is 42.5 Å². The summed E-state index contributed by atoms with van der Waals surface area (Å²) in [7, 11) is 0. The number of aliphatic hydroxyl groups excluding tert-OH is 1. The molecule has 1 aliphatic heterocycles. The summed E-state index contributed by atoms with van der Waals surface area (Å²) in [5.41, 5.74) is 5.63. The molecule has 3 heterocycles. The highest BCUT2D eigenvalue weighted by Gasteiger charge is 2.42. The van der Waals surface area contributed by atoms with Crippen molar-refractivity contribution in [1.82, 2.24) is 24.4 Å². The van der Waals surface area contributed by atoms with Crippen LogP contribution in [0, 0.1) is 0 Å². The van der Waals surface area contributed by atoms with Crippen molar-refractivity contribution in [3.63, 3.8) is 0 Å². The Labute approximate surface area is 188 Å². The molecule has 12 heteroatoms. The second kappa shape index (κ2) is 8.64. The molecule has 1 aliphatic rings. The molecule has 0 bridgehead atoms. The van der Waals surface area contributed by atoms with Crippen LogP contribution in [0.3, 0.4) is 0 Å². The minimum atomic E-state index is -1.38. The maximum Gasteiger partial charge on any atom is 0.341 e. The Balaban J connectivity index is 1.63. The van der Waals surface area contributed by atoms with Gasteiger partial charge in [0, 0.05) is 25.1 Å². The van der Waals surface area contributed by atoms with Crippen LogP contribution in [-0.4, -0.2) is 83.0 Å². The van der Waals surface area contributed by atoms with Crippen LogP contribution in [-0.2, 0) is 4.79 Å². The summed E-state index contributed by atoms with van der Waals surface area (Å²) in [6, 6.07) is 5.37. The number of fused-ring (bicyclic) bond motifs is 1. The second-order valence-electron chi connectivity index (χ2n) is 8.23. The lowest BCUT2D eigenvalue weighted by molar-refractivity contribution is -0.139. The van der Waals surface area contributed by atoms with E-state index in [-0.39, 0.29) is 31.2 Å². The van der Waals surface area contributed by atoms with Crippen molar-refractivity contribution in [3.8, 4) is 5.75 Å². The van der Waals surface area contributed by atoms with Gasteiger partial charge in [0.2, 0.25) is 0 Å². The summed E-state index contributed by atoms with van der Waals surface area (Å²) in [6.07, 6.45) is 1.86. The van der Waals surface area contributed by atoms with Crippen LogP contribution in [0.5, 0.6) is 5.75 Å². The van der Waals surface area contributed by atoms with Gasteiger partial charge in [-0.15, -0.1) is 0 Å². The minimum absolute atomic E-state index is 0.0203. The molecule has 4 rings (SSSR count). The minimum Gasteiger partial charge on any atom is -0.482 e. The fraction of sp³-hybridized carbons (Fsp3) is 0.381. The molecule has 3 aromatic rings. The zero-order valence-corrected chi connectivity index (χ0v) is 17.8. The van der Waals surface area contributed by atoms with E-state index in [1.54, 1.807) is 11.5 Å². The van der Waals surface area contributed by atoms with E-state index in [9.17, 15) is 19.8 Å². The lowest BCUT2D eigenvalue weighted by Crippen LogP contribution is -2.42. The zero-order valence-electron chi connectivity index (χ0n) is 17.8. The maximum absolute atomic E-state index is 13.2. The third-order valence-corrected chi connectivity index (χ3v) is 5.66. The highest BCUT2D eigenvalue weighted by molar-refractivity contribution is 5.94. The fourth-order valence-electron chi connectivity index (χ4n) is 4.08. The van der Waals surface area contributed by atoms with Gasteiger partial charge in [0.15, 0.2) is 18.1 Å². The van der Waals surface area contributed by atoms with Gasteiger partial charge in [-0.25, -0.2) is 19.7 Å². The molecular weight excluding hydrogens is 432 g/mol. The number of carbonyl (C=O) groups is 2. The number of carbonyl (C=O) groups excluding carboxylic acids is 1. The number of hydrogen-bond acceptors (Lipinski definition) is 9. The van der Waals surface area contributed by atoms with Gasteiger partial charge in [0.05, 0.1) is 24.1 Å². The molecule has 1 amide bonds. The number of anilines is 1. The number of nitrogen functional groups attached to an aromatic ring is 1. The first kappa shape index (κ1) is 22.4. The van der Waals surface area contributed by atoms with Gasteiger partial charge in [-0.2, -0.15) is 0 Å². The van der Waals surface area contributed by atoms with Crippen molar-refractivity contribution in [2.45, 2.75) is 31.1 Å². The van der Waals surface area contributed by atoms with Crippen molar-refractivity contribution in [2.75, 3.05) is 25.4 Å². The molecule has 1 saturated heterocycles. The number of amides is 1. The molecule has 1 fully saturated rings. The summed E-state index contributed by atoms with van der Waals surface area (Å²) >= 11 is 0. The van der Waals surface area contributed by atoms with Gasteiger partial charge in [-0.3, -0.25) is 4.79 Å². The molecule has 0 saturated carbocycles. The highest BCUT2D eigenvalue weighted by Crippen LogP contribution is 2.34. The number of carboxylic acids is 1. The number of likely N-dealkylation sites (tertiary alicyclic amines) is 1. The Morgan fingerprint density at radius 2 is 1.94 bits per heavy atom. The van der Waals surface area contributed by atoms with Crippen LogP contribution in [0.15, 0.2) is 36.9 Å². The SMILES string of the molecule is C[C@@]1(O)C[C@H](O)CN(C(=O)c2ccc(OCC(=O)O)cc2)C[C@H]1n1cnc2c(N)ncnc21. The molecule has 33 heavy (non-hydrogen) atoms. The molecule has 1 aromatic carbocycles. The summed E-state index contributed by atoms with van der Waals surface area (Å²) in [5.74, 6) is -0.955. The van der Waals surface area contributed by atoms with Gasteiger partial charge < -0.3 is 35.3 Å². The van der Waals surface area contributed by atoms with E-state index in [0.717, 1.165) is 0 Å². The van der Waals surface area contributed by atoms with Gasteiger partial charge in [-0.1, -0.05) is 0 Å². The van der Waals surface area contributed by atoms with E-state index >= 15 is 0 Å². The molecule has 0 spiro atoms. The lowest BCUT2D eigenvalue weighted by atomic mass is 9.91. The second-order valence-corrected chi connectivity index (χ2v) is 8.23. The Hall–Kier alpha value is -3.77. The standard InChI is InChI=1S/C21H24N6O6/c1-21(32)6-13(28)7-26(20(31)12-2-4-14(5-3-12)33-9-16(29)30)8-15(21)27-11-25-17-18(22)23-10-24-19(17)27/h2-5,10-11,13,15,28,32H,6-9H2,1H3,(H,29,30)(H2,22,23,24)/t13-,15+,21+/m0/s1. The number of hydrogen-bond donors (Lipinski definition) is 4. The predicted octanol–water partition coefficient (Wildman–Crippen LogP) is 0.0710. The third-order valence-electron chi connectivity index (χ3n) is 5.66. The lowest BCUT2D eigenvalue weighted by Gasteiger charge is -2.34. The Bertz CT molecular complexity index is 1180. The number of imidazole rings is 1. The average Bonchev–Trinajstić information content (AvgIpc) is 3.14. The molecule has 5 N–H and O–H groups in total. The van der Waals surface area contributed by atoms with Crippen LogP contribution < -0.4 is 10.5 Å². The first-order chi connectivity index (χ1) is 15.7. The number of aliphatic hydroxyl groups is 2. The van der Waals surface area contributed by atoms with Gasteiger partial charge in [-0.05, 0) is 31.2 Å². The van der Waals surface area contributed by atoms with Crippen molar-refractivity contribution < 1.29 is 29.6 Å². The normalized spacial score (nSPS) is 23.3. The summed E-state index contributed by atoms with van der Waals surface area (Å²) in [6.45, 7) is 1.21. The number of nitrogens with two attached hydrogens (primary N) is 1. The maximum atomic E-state index is 13.2. The molecule has 0 unspecified atom stereocenters. The molecule has 174 valence electrons. The fourth-order valence-corrected chi connectivity index (χ4v) is 4.08. The predicted molar refractivity (Wildman–Crippen MR) is 115 cm³/mol. The van der Waals surface area contributed by atoms with Crippen LogP contribution in [0.25, 0.3) is 11.2 Å². The summed E-state index contributed by atoms with van der Waals surface area (Å²) in [5, 5.41) is 30.5. The number of ether oxygens (including phenoxy) is 1. The van der Waals surface area contributed by atoms with Crippen LogP contribution >= 0.6 is 0 Å². The number of β-amino-alcohol motifs (C(OH)–C–C–N with tert-alkyl or cyclic N) is 1. The van der Waals surface area contributed by atoms with Crippen LogP contribution in [0.2, 0.25) is 0 Å². The molecule has 0 radical (unpaired) electrons. The van der Waals surface area contributed by atoms with Crippen LogP contribution in [0.4, 0.5) is 5.82 Å². The zero-order chi connectivity index (χ0) is 23.8. The van der Waals surface area contributed by atoms with Gasteiger partial charge >= 0.3 is 5.97 Å². The first-order valence-electron chi connectivity index (χ1n) is 10.2. The first-order valence-corrected chi connectivity index (χ1v) is 10.2. The van der Waals surface area contributed by atoms with E-state index in [4.69, 9.17) is 15.6 Å². The monoisotopic (exact) mass is 456 g/mol.